The molecule has 20 heavy (non-hydrogen) atoms. The lowest BCUT2D eigenvalue weighted by atomic mass is 10.1. The quantitative estimate of drug-likeness (QED) is 0.609. The largest absolute Gasteiger partial charge is 0.481 e. The van der Waals surface area contributed by atoms with E-state index in [4.69, 9.17) is 10.2 Å². The highest BCUT2D eigenvalue weighted by atomic mass is 32.2. The summed E-state index contributed by atoms with van der Waals surface area (Å²) < 4.78 is 27.6. The third-order valence-electron chi connectivity index (χ3n) is 3.29. The van der Waals surface area contributed by atoms with Crippen molar-refractivity contribution in [2.75, 3.05) is 6.54 Å². The van der Waals surface area contributed by atoms with Gasteiger partial charge in [-0.2, -0.15) is 17.4 Å². The Morgan fingerprint density at radius 1 is 1.35 bits per heavy atom. The van der Waals surface area contributed by atoms with E-state index in [2.05, 4.69) is 4.72 Å². The maximum absolute atomic E-state index is 12.2. The monoisotopic (exact) mass is 308 g/mol. The zero-order valence-electron chi connectivity index (χ0n) is 11.3. The molecule has 0 aromatic rings. The summed E-state index contributed by atoms with van der Waals surface area (Å²) in [5, 5.41) is 17.5. The number of nitrogens with zero attached hydrogens (tertiary/aromatic N) is 1. The number of carboxylic acid groups (broad SMARTS) is 2. The number of hydrogen-bond donors (Lipinski definition) is 3. The molecule has 1 heterocycles. The van der Waals surface area contributed by atoms with Crippen LogP contribution in [0.2, 0.25) is 0 Å². The van der Waals surface area contributed by atoms with Gasteiger partial charge in [0, 0.05) is 19.0 Å². The smallest absolute Gasteiger partial charge is 0.321 e. The van der Waals surface area contributed by atoms with Gasteiger partial charge in [0.1, 0.15) is 6.04 Å². The van der Waals surface area contributed by atoms with Crippen LogP contribution in [0.5, 0.6) is 0 Å². The van der Waals surface area contributed by atoms with Crippen LogP contribution in [0.1, 0.15) is 39.0 Å². The molecule has 2 unspecified atom stereocenters. The standard InChI is InChI=1S/C11H20N2O6S/c1-8-4-2-3-7-13(8)20(18,19)12-9(11(16)17)5-6-10(14)15/h8-9,12H,2-7H2,1H3,(H,14,15)(H,16,17). The predicted octanol–water partition coefficient (Wildman–Crippen LogP) is 0.0132. The van der Waals surface area contributed by atoms with Crippen molar-refractivity contribution in [3.8, 4) is 0 Å². The summed E-state index contributed by atoms with van der Waals surface area (Å²) >= 11 is 0. The van der Waals surface area contributed by atoms with Crippen molar-refractivity contribution in [1.29, 1.82) is 0 Å². The van der Waals surface area contributed by atoms with E-state index in [0.29, 0.717) is 6.54 Å². The Bertz CT molecular complexity index is 464. The fourth-order valence-electron chi connectivity index (χ4n) is 2.18. The molecule has 1 fully saturated rings. The van der Waals surface area contributed by atoms with Crippen molar-refractivity contribution in [3.05, 3.63) is 0 Å². The highest BCUT2D eigenvalue weighted by Crippen LogP contribution is 2.19. The first-order chi connectivity index (χ1) is 9.24. The van der Waals surface area contributed by atoms with Crippen molar-refractivity contribution in [2.24, 2.45) is 0 Å². The highest BCUT2D eigenvalue weighted by molar-refractivity contribution is 7.87. The molecule has 1 rings (SSSR count). The minimum Gasteiger partial charge on any atom is -0.481 e. The Labute approximate surface area is 118 Å². The normalized spacial score (nSPS) is 22.4. The predicted molar refractivity (Wildman–Crippen MR) is 70.4 cm³/mol. The average molecular weight is 308 g/mol. The molecule has 1 aliphatic rings. The molecule has 1 saturated heterocycles. The SMILES string of the molecule is CC1CCCCN1S(=O)(=O)NC(CCC(=O)O)C(=O)O. The summed E-state index contributed by atoms with van der Waals surface area (Å²) in [7, 11) is -3.92. The molecular formula is C11H20N2O6S. The van der Waals surface area contributed by atoms with Crippen LogP contribution in [0.25, 0.3) is 0 Å². The van der Waals surface area contributed by atoms with Gasteiger partial charge in [-0.1, -0.05) is 6.42 Å². The number of hydrogen-bond acceptors (Lipinski definition) is 4. The maximum atomic E-state index is 12.2. The molecule has 0 bridgehead atoms. The third kappa shape index (κ3) is 4.73. The summed E-state index contributed by atoms with van der Waals surface area (Å²) in [4.78, 5) is 21.5. The van der Waals surface area contributed by atoms with Crippen molar-refractivity contribution >= 4 is 22.1 Å². The fourth-order valence-corrected chi connectivity index (χ4v) is 3.84. The first-order valence-electron chi connectivity index (χ1n) is 6.47. The van der Waals surface area contributed by atoms with Crippen molar-refractivity contribution in [2.45, 2.75) is 51.1 Å². The van der Waals surface area contributed by atoms with E-state index in [9.17, 15) is 18.0 Å². The van der Waals surface area contributed by atoms with Crippen LogP contribution < -0.4 is 4.72 Å². The lowest BCUT2D eigenvalue weighted by Crippen LogP contribution is -2.52. The minimum atomic E-state index is -3.92. The second-order valence-electron chi connectivity index (χ2n) is 4.90. The summed E-state index contributed by atoms with van der Waals surface area (Å²) in [6.45, 7) is 2.12. The van der Waals surface area contributed by atoms with Gasteiger partial charge >= 0.3 is 11.9 Å². The van der Waals surface area contributed by atoms with Gasteiger partial charge in [0.2, 0.25) is 0 Å². The minimum absolute atomic E-state index is 0.185. The van der Waals surface area contributed by atoms with Crippen molar-refractivity contribution in [1.82, 2.24) is 9.03 Å². The van der Waals surface area contributed by atoms with Gasteiger partial charge in [0.05, 0.1) is 0 Å². The van der Waals surface area contributed by atoms with Gasteiger partial charge in [-0.05, 0) is 26.2 Å². The lowest BCUT2D eigenvalue weighted by Gasteiger charge is -2.33. The van der Waals surface area contributed by atoms with E-state index in [0.717, 1.165) is 19.3 Å². The van der Waals surface area contributed by atoms with Crippen LogP contribution in [-0.2, 0) is 19.8 Å². The lowest BCUT2D eigenvalue weighted by molar-refractivity contribution is -0.140. The van der Waals surface area contributed by atoms with Crippen molar-refractivity contribution < 1.29 is 28.2 Å². The molecule has 2 atom stereocenters. The molecule has 116 valence electrons. The summed E-state index contributed by atoms with van der Waals surface area (Å²) in [5.41, 5.74) is 0. The first kappa shape index (κ1) is 16.9. The topological polar surface area (TPSA) is 124 Å². The van der Waals surface area contributed by atoms with E-state index in [1.54, 1.807) is 6.92 Å². The molecule has 0 radical (unpaired) electrons. The first-order valence-corrected chi connectivity index (χ1v) is 7.91. The van der Waals surface area contributed by atoms with Gasteiger partial charge in [-0.15, -0.1) is 0 Å². The Hall–Kier alpha value is -1.19. The molecule has 0 amide bonds. The van der Waals surface area contributed by atoms with Gasteiger partial charge in [0.25, 0.3) is 10.2 Å². The third-order valence-corrected chi connectivity index (χ3v) is 5.03. The molecule has 9 heteroatoms. The van der Waals surface area contributed by atoms with Crippen molar-refractivity contribution in [3.63, 3.8) is 0 Å². The Morgan fingerprint density at radius 2 is 2.00 bits per heavy atom. The van der Waals surface area contributed by atoms with Gasteiger partial charge in [0.15, 0.2) is 0 Å². The molecule has 0 saturated carbocycles. The number of aliphatic carboxylic acids is 2. The van der Waals surface area contributed by atoms with E-state index in [1.165, 1.54) is 4.31 Å². The molecule has 1 aliphatic heterocycles. The van der Waals surface area contributed by atoms with E-state index >= 15 is 0 Å². The van der Waals surface area contributed by atoms with Crippen LogP contribution in [0.4, 0.5) is 0 Å². The molecular weight excluding hydrogens is 288 g/mol. The molecule has 0 aliphatic carbocycles. The maximum Gasteiger partial charge on any atom is 0.321 e. The van der Waals surface area contributed by atoms with E-state index in [1.807, 2.05) is 0 Å². The van der Waals surface area contributed by atoms with E-state index < -0.39 is 34.6 Å². The summed E-state index contributed by atoms with van der Waals surface area (Å²) in [5.74, 6) is -2.54. The fraction of sp³-hybridized carbons (Fsp3) is 0.818. The molecule has 3 N–H and O–H groups in total. The average Bonchev–Trinajstić information content (AvgIpc) is 2.34. The number of piperidine rings is 1. The van der Waals surface area contributed by atoms with Gasteiger partial charge in [-0.25, -0.2) is 0 Å². The summed E-state index contributed by atoms with van der Waals surface area (Å²) in [6.07, 6.45) is 1.71. The molecule has 8 nitrogen and oxygen atoms in total. The number of carbonyl (C=O) groups is 2. The van der Waals surface area contributed by atoms with Crippen LogP contribution >= 0.6 is 0 Å². The molecule has 0 spiro atoms. The molecule has 0 aromatic heterocycles. The zero-order chi connectivity index (χ0) is 15.3. The number of carboxylic acids is 2. The van der Waals surface area contributed by atoms with Gasteiger partial charge in [-0.3, -0.25) is 9.59 Å². The van der Waals surface area contributed by atoms with Gasteiger partial charge < -0.3 is 10.2 Å². The Kier molecular flexibility index (Phi) is 5.90. The molecule has 0 aromatic carbocycles. The number of rotatable bonds is 7. The number of nitrogens with one attached hydrogen (secondary N) is 1. The van der Waals surface area contributed by atoms with Crippen LogP contribution in [-0.4, -0.2) is 53.5 Å². The second-order valence-corrected chi connectivity index (χ2v) is 6.56. The second kappa shape index (κ2) is 7.00. The zero-order valence-corrected chi connectivity index (χ0v) is 12.1. The Morgan fingerprint density at radius 3 is 2.50 bits per heavy atom. The highest BCUT2D eigenvalue weighted by Gasteiger charge is 2.33. The summed E-state index contributed by atoms with van der Waals surface area (Å²) in [6, 6.07) is -1.61. The van der Waals surface area contributed by atoms with Crippen LogP contribution in [0.3, 0.4) is 0 Å². The van der Waals surface area contributed by atoms with Crippen LogP contribution in [0, 0.1) is 0 Å². The Balaban J connectivity index is 2.74. The van der Waals surface area contributed by atoms with Crippen LogP contribution in [0.15, 0.2) is 0 Å². The van der Waals surface area contributed by atoms with E-state index in [-0.39, 0.29) is 12.5 Å².